The Kier molecular flexibility index (Phi) is 21.3. The maximum absolute atomic E-state index is 11.1. The van der Waals surface area contributed by atoms with Crippen LogP contribution in [0.15, 0.2) is 0 Å². The predicted molar refractivity (Wildman–Crippen MR) is 116 cm³/mol. The van der Waals surface area contributed by atoms with Crippen LogP contribution in [0.2, 0.25) is 0 Å². The molecule has 0 saturated heterocycles. The van der Waals surface area contributed by atoms with Crippen molar-refractivity contribution in [3.8, 4) is 0 Å². The van der Waals surface area contributed by atoms with Crippen LogP contribution in [0.25, 0.3) is 0 Å². The quantitative estimate of drug-likeness (QED) is 0.166. The number of hydrogen-bond acceptors (Lipinski definition) is 3. The molecule has 0 fully saturated rings. The number of unbranched alkanes of at least 4 members (excludes halogenated alkanes) is 18. The highest BCUT2D eigenvalue weighted by Gasteiger charge is 2.13. The van der Waals surface area contributed by atoms with Gasteiger partial charge in [-0.1, -0.05) is 129 Å². The third kappa shape index (κ3) is 20.0. The number of aliphatic hydroxyl groups is 1. The summed E-state index contributed by atoms with van der Waals surface area (Å²) in [4.78, 5) is 11.1. The summed E-state index contributed by atoms with van der Waals surface area (Å²) in [6, 6.07) is 0. The molecule has 0 rings (SSSR count). The molecule has 0 aromatic carbocycles. The molecular weight excluding hydrogens is 336 g/mol. The van der Waals surface area contributed by atoms with Gasteiger partial charge in [0.1, 0.15) is 0 Å². The summed E-state index contributed by atoms with van der Waals surface area (Å²) in [7, 11) is 1.32. The zero-order valence-corrected chi connectivity index (χ0v) is 18.5. The first-order valence-electron chi connectivity index (χ1n) is 12.0. The van der Waals surface area contributed by atoms with Gasteiger partial charge in [0, 0.05) is 0 Å². The van der Waals surface area contributed by atoms with Crippen LogP contribution in [0.3, 0.4) is 0 Å². The van der Waals surface area contributed by atoms with Crippen molar-refractivity contribution in [2.45, 2.75) is 141 Å². The Bertz CT molecular complexity index is 304. The second kappa shape index (κ2) is 21.7. The van der Waals surface area contributed by atoms with Gasteiger partial charge in [-0.15, -0.1) is 0 Å². The maximum Gasteiger partial charge on any atom is 0.334 e. The minimum absolute atomic E-state index is 0.502. The van der Waals surface area contributed by atoms with E-state index < -0.39 is 12.1 Å². The molecule has 1 atom stereocenters. The van der Waals surface area contributed by atoms with Gasteiger partial charge in [0.15, 0.2) is 6.10 Å². The first-order chi connectivity index (χ1) is 13.2. The molecule has 3 heteroatoms. The molecule has 0 heterocycles. The summed E-state index contributed by atoms with van der Waals surface area (Å²) in [5.41, 5.74) is 0. The summed E-state index contributed by atoms with van der Waals surface area (Å²) in [6.45, 7) is 2.28. The average molecular weight is 385 g/mol. The van der Waals surface area contributed by atoms with Crippen molar-refractivity contribution in [2.75, 3.05) is 7.11 Å². The van der Waals surface area contributed by atoms with Crippen molar-refractivity contribution >= 4 is 5.97 Å². The van der Waals surface area contributed by atoms with Gasteiger partial charge in [-0.3, -0.25) is 0 Å². The van der Waals surface area contributed by atoms with Crippen LogP contribution < -0.4 is 0 Å². The predicted octanol–water partition coefficient (Wildman–Crippen LogP) is 7.34. The summed E-state index contributed by atoms with van der Waals surface area (Å²) < 4.78 is 4.51. The lowest BCUT2D eigenvalue weighted by Crippen LogP contribution is -2.21. The third-order valence-corrected chi connectivity index (χ3v) is 5.55. The van der Waals surface area contributed by atoms with E-state index in [0.29, 0.717) is 6.42 Å². The number of methoxy groups -OCH3 is 1. The molecule has 1 N–H and O–H groups in total. The second-order valence-electron chi connectivity index (χ2n) is 8.19. The topological polar surface area (TPSA) is 46.5 Å². The highest BCUT2D eigenvalue weighted by Crippen LogP contribution is 2.15. The number of rotatable bonds is 21. The molecule has 27 heavy (non-hydrogen) atoms. The Balaban J connectivity index is 3.08. The molecule has 0 aromatic heterocycles. The molecule has 0 saturated carbocycles. The van der Waals surface area contributed by atoms with Gasteiger partial charge in [0.05, 0.1) is 7.11 Å². The van der Waals surface area contributed by atoms with E-state index in [-0.39, 0.29) is 0 Å². The monoisotopic (exact) mass is 384 g/mol. The molecule has 0 aliphatic rings. The van der Waals surface area contributed by atoms with Gasteiger partial charge < -0.3 is 9.84 Å². The van der Waals surface area contributed by atoms with E-state index in [0.717, 1.165) is 12.8 Å². The van der Waals surface area contributed by atoms with E-state index in [1.807, 2.05) is 0 Å². The van der Waals surface area contributed by atoms with Crippen LogP contribution in [0.5, 0.6) is 0 Å². The zero-order chi connectivity index (χ0) is 20.0. The van der Waals surface area contributed by atoms with Crippen molar-refractivity contribution in [3.05, 3.63) is 0 Å². The van der Waals surface area contributed by atoms with Crippen molar-refractivity contribution in [2.24, 2.45) is 0 Å². The van der Waals surface area contributed by atoms with Crippen LogP contribution in [-0.4, -0.2) is 24.3 Å². The molecule has 0 bridgehead atoms. The van der Waals surface area contributed by atoms with Crippen molar-refractivity contribution < 1.29 is 14.6 Å². The summed E-state index contributed by atoms with van der Waals surface area (Å²) in [5.74, 6) is -0.502. The summed E-state index contributed by atoms with van der Waals surface area (Å²) in [5, 5.41) is 9.49. The number of carbonyl (C=O) groups excluding carboxylic acids is 1. The van der Waals surface area contributed by atoms with Crippen LogP contribution in [-0.2, 0) is 9.53 Å². The minimum atomic E-state index is -0.930. The van der Waals surface area contributed by atoms with Gasteiger partial charge in [-0.05, 0) is 6.42 Å². The molecule has 3 nitrogen and oxygen atoms in total. The maximum atomic E-state index is 11.1. The Morgan fingerprint density at radius 3 is 1.22 bits per heavy atom. The smallest absolute Gasteiger partial charge is 0.334 e. The highest BCUT2D eigenvalue weighted by atomic mass is 16.5. The van der Waals surface area contributed by atoms with Gasteiger partial charge in [0.2, 0.25) is 0 Å². The largest absolute Gasteiger partial charge is 0.467 e. The molecule has 0 amide bonds. The number of ether oxygens (including phenoxy) is 1. The fraction of sp³-hybridized carbons (Fsp3) is 0.958. The van der Waals surface area contributed by atoms with E-state index in [1.165, 1.54) is 116 Å². The van der Waals surface area contributed by atoms with E-state index in [1.54, 1.807) is 0 Å². The number of carbonyl (C=O) groups is 1. The van der Waals surface area contributed by atoms with Crippen molar-refractivity contribution in [3.63, 3.8) is 0 Å². The number of hydrogen-bond donors (Lipinski definition) is 1. The Labute approximate surface area is 169 Å². The number of aliphatic hydroxyl groups excluding tert-OH is 1. The van der Waals surface area contributed by atoms with Crippen LogP contribution in [0.4, 0.5) is 0 Å². The molecule has 162 valence electrons. The Hall–Kier alpha value is -0.570. The number of esters is 1. The highest BCUT2D eigenvalue weighted by molar-refractivity contribution is 5.74. The zero-order valence-electron chi connectivity index (χ0n) is 18.5. The second-order valence-corrected chi connectivity index (χ2v) is 8.19. The normalized spacial score (nSPS) is 12.3. The average Bonchev–Trinajstić information content (AvgIpc) is 2.68. The lowest BCUT2D eigenvalue weighted by Gasteiger charge is -2.07. The standard InChI is InChI=1S/C24H48O3/c1-3-4-5-6-7-8-9-10-11-12-13-14-15-16-17-18-19-20-21-22-23(25)24(26)27-2/h23,25H,3-22H2,1-2H3. The van der Waals surface area contributed by atoms with E-state index >= 15 is 0 Å². The molecule has 1 unspecified atom stereocenters. The van der Waals surface area contributed by atoms with Crippen LogP contribution >= 0.6 is 0 Å². The molecule has 0 aliphatic carbocycles. The van der Waals surface area contributed by atoms with Gasteiger partial charge in [-0.25, -0.2) is 4.79 Å². The van der Waals surface area contributed by atoms with Gasteiger partial charge in [0.25, 0.3) is 0 Å². The Morgan fingerprint density at radius 1 is 0.630 bits per heavy atom. The fourth-order valence-electron chi connectivity index (χ4n) is 3.67. The van der Waals surface area contributed by atoms with Gasteiger partial charge >= 0.3 is 5.97 Å². The van der Waals surface area contributed by atoms with Crippen LogP contribution in [0, 0.1) is 0 Å². The lowest BCUT2D eigenvalue weighted by atomic mass is 10.0. The molecule has 0 aromatic rings. The first kappa shape index (κ1) is 26.4. The summed E-state index contributed by atoms with van der Waals surface area (Å²) in [6.07, 6.45) is 25.3. The third-order valence-electron chi connectivity index (χ3n) is 5.55. The van der Waals surface area contributed by atoms with E-state index in [9.17, 15) is 9.90 Å². The molecular formula is C24H48O3. The molecule has 0 spiro atoms. The van der Waals surface area contributed by atoms with Gasteiger partial charge in [-0.2, -0.15) is 0 Å². The first-order valence-corrected chi connectivity index (χ1v) is 12.0. The van der Waals surface area contributed by atoms with E-state index in [2.05, 4.69) is 11.7 Å². The van der Waals surface area contributed by atoms with Crippen molar-refractivity contribution in [1.29, 1.82) is 0 Å². The van der Waals surface area contributed by atoms with Crippen molar-refractivity contribution in [1.82, 2.24) is 0 Å². The molecule has 0 aliphatic heterocycles. The van der Waals surface area contributed by atoms with Crippen LogP contribution in [0.1, 0.15) is 135 Å². The minimum Gasteiger partial charge on any atom is -0.467 e. The SMILES string of the molecule is CCCCCCCCCCCCCCCCCCCCCC(O)C(=O)OC. The summed E-state index contributed by atoms with van der Waals surface area (Å²) >= 11 is 0. The fourth-order valence-corrected chi connectivity index (χ4v) is 3.67. The lowest BCUT2D eigenvalue weighted by molar-refractivity contribution is -0.150. The van der Waals surface area contributed by atoms with E-state index in [4.69, 9.17) is 0 Å². The molecule has 0 radical (unpaired) electrons. The Morgan fingerprint density at radius 2 is 0.926 bits per heavy atom.